The minimum atomic E-state index is -0.655. The minimum absolute atomic E-state index is 0.00913. The summed E-state index contributed by atoms with van der Waals surface area (Å²) >= 11 is 0. The fourth-order valence-electron chi connectivity index (χ4n) is 3.92. The van der Waals surface area contributed by atoms with Crippen LogP contribution in [0.5, 0.6) is 0 Å². The van der Waals surface area contributed by atoms with Crippen molar-refractivity contribution in [2.24, 2.45) is 0 Å². The van der Waals surface area contributed by atoms with Crippen LogP contribution in [-0.4, -0.2) is 125 Å². The first-order chi connectivity index (χ1) is 22.2. The number of aliphatic hydroxyl groups is 1. The molecule has 46 heavy (non-hydrogen) atoms. The van der Waals surface area contributed by atoms with Crippen LogP contribution in [-0.2, 0) is 33.2 Å². The van der Waals surface area contributed by atoms with Gasteiger partial charge in [0.15, 0.2) is 0 Å². The van der Waals surface area contributed by atoms with Crippen molar-refractivity contribution in [3.63, 3.8) is 0 Å². The number of nitrogens with one attached hydrogen (secondary N) is 1. The summed E-state index contributed by atoms with van der Waals surface area (Å²) in [5, 5.41) is 11.4. The molecular formula is C33H51N3O10. The maximum Gasteiger partial charge on any atom is 0.410 e. The second kappa shape index (κ2) is 23.2. The summed E-state index contributed by atoms with van der Waals surface area (Å²) in [6, 6.07) is 10.2. The molecule has 0 saturated heterocycles. The molecule has 2 amide bonds. The Hall–Kier alpha value is -3.17. The van der Waals surface area contributed by atoms with Gasteiger partial charge in [-0.3, -0.25) is 14.7 Å². The van der Waals surface area contributed by atoms with Gasteiger partial charge >= 0.3 is 6.09 Å². The number of rotatable bonds is 24. The Morgan fingerprint density at radius 1 is 0.739 bits per heavy atom. The third kappa shape index (κ3) is 17.5. The quantitative estimate of drug-likeness (QED) is 0.160. The fourth-order valence-corrected chi connectivity index (χ4v) is 3.92. The van der Waals surface area contributed by atoms with Crippen LogP contribution < -0.4 is 5.32 Å². The molecule has 0 saturated carbocycles. The van der Waals surface area contributed by atoms with Crippen LogP contribution in [0.2, 0.25) is 0 Å². The van der Waals surface area contributed by atoms with Gasteiger partial charge < -0.3 is 43.6 Å². The first-order valence-electron chi connectivity index (χ1n) is 15.6. The molecule has 1 heterocycles. The minimum Gasteiger partial charge on any atom is -0.444 e. The first-order valence-corrected chi connectivity index (χ1v) is 15.6. The third-order valence-corrected chi connectivity index (χ3v) is 6.26. The van der Waals surface area contributed by atoms with Crippen LogP contribution in [0.4, 0.5) is 10.5 Å². The van der Waals surface area contributed by atoms with Crippen LogP contribution in [0.1, 0.15) is 49.7 Å². The number of ether oxygens (including phenoxy) is 7. The summed E-state index contributed by atoms with van der Waals surface area (Å²) in [5.74, 6) is -0.235. The fraction of sp³-hybridized carbons (Fsp3) is 0.606. The Labute approximate surface area is 272 Å². The highest BCUT2D eigenvalue weighted by Gasteiger charge is 2.27. The van der Waals surface area contributed by atoms with Crippen LogP contribution in [0.25, 0.3) is 0 Å². The molecule has 0 aliphatic rings. The van der Waals surface area contributed by atoms with Crippen LogP contribution in [0.15, 0.2) is 48.8 Å². The molecule has 1 atom stereocenters. The molecule has 0 aliphatic heterocycles. The molecule has 13 nitrogen and oxygen atoms in total. The van der Waals surface area contributed by atoms with Crippen LogP contribution >= 0.6 is 0 Å². The summed E-state index contributed by atoms with van der Waals surface area (Å²) in [7, 11) is 0. The van der Waals surface area contributed by atoms with Crippen molar-refractivity contribution in [1.82, 2.24) is 9.88 Å². The second-order valence-corrected chi connectivity index (χ2v) is 11.1. The summed E-state index contributed by atoms with van der Waals surface area (Å²) < 4.78 is 38.3. The van der Waals surface area contributed by atoms with Gasteiger partial charge in [0.05, 0.1) is 91.9 Å². The van der Waals surface area contributed by atoms with Gasteiger partial charge in [-0.2, -0.15) is 0 Å². The molecule has 2 N–H and O–H groups in total. The number of pyridine rings is 1. The molecule has 2 aromatic rings. The van der Waals surface area contributed by atoms with Gasteiger partial charge in [0.1, 0.15) is 5.60 Å². The van der Waals surface area contributed by atoms with E-state index in [1.807, 2.05) is 39.8 Å². The summed E-state index contributed by atoms with van der Waals surface area (Å²) in [6.45, 7) is 12.7. The van der Waals surface area contributed by atoms with Crippen molar-refractivity contribution in [1.29, 1.82) is 0 Å². The number of aromatic nitrogens is 1. The third-order valence-electron chi connectivity index (χ3n) is 6.26. The summed E-state index contributed by atoms with van der Waals surface area (Å²) in [4.78, 5) is 31.3. The molecule has 2 rings (SSSR count). The molecule has 0 fully saturated rings. The highest BCUT2D eigenvalue weighted by atomic mass is 16.6. The van der Waals surface area contributed by atoms with E-state index in [0.717, 1.165) is 5.56 Å². The Bertz CT molecular complexity index is 1080. The van der Waals surface area contributed by atoms with Gasteiger partial charge in [-0.05, 0) is 57.5 Å². The van der Waals surface area contributed by atoms with Crippen LogP contribution in [0, 0.1) is 0 Å². The molecule has 0 unspecified atom stereocenters. The van der Waals surface area contributed by atoms with Crippen molar-refractivity contribution in [3.05, 3.63) is 59.9 Å². The van der Waals surface area contributed by atoms with Crippen molar-refractivity contribution in [3.8, 4) is 0 Å². The normalized spacial score (nSPS) is 12.1. The van der Waals surface area contributed by atoms with E-state index in [4.69, 9.17) is 38.3 Å². The zero-order valence-electron chi connectivity index (χ0n) is 27.6. The monoisotopic (exact) mass is 649 g/mol. The van der Waals surface area contributed by atoms with Gasteiger partial charge in [-0.25, -0.2) is 4.79 Å². The Balaban J connectivity index is 1.65. The summed E-state index contributed by atoms with van der Waals surface area (Å²) in [6.07, 6.45) is 2.77. The average Bonchev–Trinajstić information content (AvgIpc) is 3.03. The number of hydrogen-bond donors (Lipinski definition) is 2. The maximum absolute atomic E-state index is 13.1. The van der Waals surface area contributed by atoms with Gasteiger partial charge in [0, 0.05) is 30.2 Å². The molecule has 0 bridgehead atoms. The topological polar surface area (TPSA) is 147 Å². The zero-order valence-corrected chi connectivity index (χ0v) is 27.6. The van der Waals surface area contributed by atoms with E-state index in [1.54, 1.807) is 41.6 Å². The average molecular weight is 650 g/mol. The van der Waals surface area contributed by atoms with Gasteiger partial charge in [-0.15, -0.1) is 0 Å². The highest BCUT2D eigenvalue weighted by Crippen LogP contribution is 2.23. The predicted molar refractivity (Wildman–Crippen MR) is 172 cm³/mol. The lowest BCUT2D eigenvalue weighted by atomic mass is 10.0. The Kier molecular flexibility index (Phi) is 19.7. The smallest absolute Gasteiger partial charge is 0.410 e. The van der Waals surface area contributed by atoms with Crippen LogP contribution in [0.3, 0.4) is 0 Å². The molecule has 1 aromatic carbocycles. The number of aliphatic hydroxyl groups excluding tert-OH is 1. The molecule has 13 heteroatoms. The number of anilines is 1. The molecule has 0 spiro atoms. The maximum atomic E-state index is 13.1. The lowest BCUT2D eigenvalue weighted by molar-refractivity contribution is -0.0203. The summed E-state index contributed by atoms with van der Waals surface area (Å²) in [5.41, 5.74) is 1.36. The SMILES string of the molecule is C[C@H](c1ccc(C(=O)Nc2ccncc2)cc1)N(CCOCCOCCOCCOCCOCCOCCO)C(=O)OC(C)(C)C. The van der Waals surface area contributed by atoms with E-state index < -0.39 is 11.7 Å². The Morgan fingerprint density at radius 2 is 1.20 bits per heavy atom. The zero-order chi connectivity index (χ0) is 33.5. The molecule has 0 aliphatic carbocycles. The standard InChI is InChI=1S/C33H51N3O10/c1-27(28-5-7-29(8-6-28)31(38)35-30-9-11-34-12-10-30)36(32(39)46-33(2,3)4)13-15-40-17-19-42-21-23-44-25-26-45-24-22-43-20-18-41-16-14-37/h5-12,27,37H,13-26H2,1-4H3,(H,34,35,38)/t27-/m1/s1. The number of benzene rings is 1. The predicted octanol–water partition coefficient (Wildman–Crippen LogP) is 3.72. The van der Waals surface area contributed by atoms with Crippen molar-refractivity contribution < 1.29 is 47.9 Å². The molecular weight excluding hydrogens is 598 g/mol. The van der Waals surface area contributed by atoms with Gasteiger partial charge in [0.2, 0.25) is 0 Å². The first kappa shape index (κ1) is 39.0. The number of amides is 2. The van der Waals surface area contributed by atoms with Gasteiger partial charge in [0.25, 0.3) is 5.91 Å². The van der Waals surface area contributed by atoms with E-state index in [-0.39, 0.29) is 18.6 Å². The molecule has 0 radical (unpaired) electrons. The number of nitrogens with zero attached hydrogens (tertiary/aromatic N) is 2. The lowest BCUT2D eigenvalue weighted by Gasteiger charge is -2.32. The van der Waals surface area contributed by atoms with E-state index in [2.05, 4.69) is 10.3 Å². The largest absolute Gasteiger partial charge is 0.444 e. The van der Waals surface area contributed by atoms with E-state index in [0.29, 0.717) is 97.1 Å². The van der Waals surface area contributed by atoms with Crippen molar-refractivity contribution in [2.75, 3.05) is 97.8 Å². The van der Waals surface area contributed by atoms with Gasteiger partial charge in [-0.1, -0.05) is 12.1 Å². The highest BCUT2D eigenvalue weighted by molar-refractivity contribution is 6.04. The lowest BCUT2D eigenvalue weighted by Crippen LogP contribution is -2.40. The van der Waals surface area contributed by atoms with E-state index in [1.165, 1.54) is 0 Å². The number of hydrogen-bond acceptors (Lipinski definition) is 11. The molecule has 1 aromatic heterocycles. The second-order valence-electron chi connectivity index (χ2n) is 11.1. The molecule has 258 valence electrons. The Morgan fingerprint density at radius 3 is 1.65 bits per heavy atom. The van der Waals surface area contributed by atoms with E-state index in [9.17, 15) is 9.59 Å². The van der Waals surface area contributed by atoms with Crippen molar-refractivity contribution >= 4 is 17.7 Å². The number of carbonyl (C=O) groups is 2. The van der Waals surface area contributed by atoms with Crippen molar-refractivity contribution in [2.45, 2.75) is 39.3 Å². The van der Waals surface area contributed by atoms with E-state index >= 15 is 0 Å². The number of carbonyl (C=O) groups excluding carboxylic acids is 2.